The van der Waals surface area contributed by atoms with E-state index in [-0.39, 0.29) is 0 Å². The number of halogens is 1. The predicted octanol–water partition coefficient (Wildman–Crippen LogP) is 3.11. The Labute approximate surface area is 98.0 Å². The molecule has 0 saturated heterocycles. The van der Waals surface area contributed by atoms with E-state index in [2.05, 4.69) is 4.40 Å². The van der Waals surface area contributed by atoms with Crippen LogP contribution < -0.4 is 0 Å². The largest absolute Gasteiger partial charge is 0.230 e. The highest BCUT2D eigenvalue weighted by Gasteiger charge is 1.99. The van der Waals surface area contributed by atoms with Crippen LogP contribution in [-0.2, 0) is 11.0 Å². The third-order valence-electron chi connectivity index (χ3n) is 1.86. The molecule has 82 valence electrons. The van der Waals surface area contributed by atoms with Crippen LogP contribution in [0.1, 0.15) is 18.4 Å². The van der Waals surface area contributed by atoms with Crippen LogP contribution in [0.25, 0.3) is 0 Å². The summed E-state index contributed by atoms with van der Waals surface area (Å²) in [5.41, 5.74) is 1.15. The van der Waals surface area contributed by atoms with Crippen molar-refractivity contribution in [3.05, 3.63) is 29.8 Å². The van der Waals surface area contributed by atoms with Crippen LogP contribution >= 0.6 is 11.6 Å². The summed E-state index contributed by atoms with van der Waals surface area (Å²) in [7, 11) is -1.27. The third-order valence-corrected chi connectivity index (χ3v) is 3.14. The van der Waals surface area contributed by atoms with Gasteiger partial charge in [-0.1, -0.05) is 17.7 Å². The van der Waals surface area contributed by atoms with Crippen molar-refractivity contribution in [3.8, 4) is 0 Å². The first-order chi connectivity index (χ1) is 7.24. The second-order valence-electron chi connectivity index (χ2n) is 3.18. The molecule has 4 heteroatoms. The molecule has 0 aromatic heterocycles. The zero-order chi connectivity index (χ0) is 11.1. The molecule has 0 amide bonds. The molecule has 1 atom stereocenters. The lowest BCUT2D eigenvalue weighted by Crippen LogP contribution is -1.88. The first-order valence-corrected chi connectivity index (χ1v) is 6.45. The quantitative estimate of drug-likeness (QED) is 0.444. The van der Waals surface area contributed by atoms with E-state index in [0.29, 0.717) is 5.88 Å². The monoisotopic (exact) mass is 243 g/mol. The van der Waals surface area contributed by atoms with Gasteiger partial charge in [-0.2, -0.15) is 4.40 Å². The van der Waals surface area contributed by atoms with Crippen LogP contribution in [0.2, 0.25) is 0 Å². The minimum absolute atomic E-state index is 0.614. The Hall–Kier alpha value is -0.670. The van der Waals surface area contributed by atoms with Gasteiger partial charge in [-0.15, -0.1) is 11.6 Å². The standard InChI is InChI=1S/C11H14ClNOS/c1-10-4-6-11(7-5-10)15(14)13-9-3-2-8-12/h4-7,9H,2-3,8H2,1H3/b13-9+/t15-/m0/s1. The Bertz CT molecular complexity index is 348. The van der Waals surface area contributed by atoms with Gasteiger partial charge in [0.2, 0.25) is 0 Å². The van der Waals surface area contributed by atoms with E-state index in [9.17, 15) is 4.21 Å². The van der Waals surface area contributed by atoms with E-state index in [0.717, 1.165) is 23.3 Å². The van der Waals surface area contributed by atoms with Gasteiger partial charge in [-0.3, -0.25) is 0 Å². The second-order valence-corrected chi connectivity index (χ2v) is 4.74. The smallest absolute Gasteiger partial charge is 0.172 e. The molecule has 15 heavy (non-hydrogen) atoms. The fourth-order valence-corrected chi connectivity index (χ4v) is 1.89. The molecule has 0 aliphatic rings. The molecule has 0 saturated carbocycles. The number of nitrogens with zero attached hydrogens (tertiary/aromatic N) is 1. The summed E-state index contributed by atoms with van der Waals surface area (Å²) < 4.78 is 15.5. The number of aryl methyl sites for hydroxylation is 1. The van der Waals surface area contributed by atoms with E-state index in [4.69, 9.17) is 11.6 Å². The zero-order valence-electron chi connectivity index (χ0n) is 8.65. The number of unbranched alkanes of at least 4 members (excludes halogenated alkanes) is 1. The van der Waals surface area contributed by atoms with E-state index < -0.39 is 11.0 Å². The molecular formula is C11H14ClNOS. The van der Waals surface area contributed by atoms with Crippen LogP contribution in [0.15, 0.2) is 33.6 Å². The van der Waals surface area contributed by atoms with Crippen LogP contribution in [0.4, 0.5) is 0 Å². The molecule has 0 spiro atoms. The van der Waals surface area contributed by atoms with Crippen LogP contribution in [0.3, 0.4) is 0 Å². The molecular weight excluding hydrogens is 230 g/mol. The van der Waals surface area contributed by atoms with Gasteiger partial charge in [0.05, 0.1) is 4.90 Å². The summed E-state index contributed by atoms with van der Waals surface area (Å²) in [4.78, 5) is 0.739. The summed E-state index contributed by atoms with van der Waals surface area (Å²) in [5.74, 6) is 0.614. The fraction of sp³-hybridized carbons (Fsp3) is 0.364. The lowest BCUT2D eigenvalue weighted by Gasteiger charge is -1.96. The molecule has 0 bridgehead atoms. The Morgan fingerprint density at radius 1 is 1.40 bits per heavy atom. The Morgan fingerprint density at radius 3 is 2.67 bits per heavy atom. The van der Waals surface area contributed by atoms with Crippen molar-refractivity contribution < 1.29 is 4.21 Å². The Balaban J connectivity index is 2.53. The van der Waals surface area contributed by atoms with Crippen molar-refractivity contribution in [3.63, 3.8) is 0 Å². The van der Waals surface area contributed by atoms with Gasteiger partial charge in [-0.25, -0.2) is 4.21 Å². The summed E-state index contributed by atoms with van der Waals surface area (Å²) in [6, 6.07) is 7.54. The van der Waals surface area contributed by atoms with E-state index in [1.54, 1.807) is 6.21 Å². The van der Waals surface area contributed by atoms with E-state index >= 15 is 0 Å². The fourth-order valence-electron chi connectivity index (χ4n) is 1.00. The van der Waals surface area contributed by atoms with Crippen molar-refractivity contribution in [1.29, 1.82) is 0 Å². The number of alkyl halides is 1. The van der Waals surface area contributed by atoms with Crippen molar-refractivity contribution in [2.75, 3.05) is 5.88 Å². The molecule has 0 aliphatic carbocycles. The summed E-state index contributed by atoms with van der Waals surface area (Å²) in [6.45, 7) is 2.00. The van der Waals surface area contributed by atoms with Gasteiger partial charge in [0.15, 0.2) is 11.0 Å². The lowest BCUT2D eigenvalue weighted by atomic mass is 10.2. The Kier molecular flexibility index (Phi) is 5.58. The molecule has 1 aromatic rings. The molecule has 0 heterocycles. The minimum Gasteiger partial charge on any atom is -0.230 e. The Morgan fingerprint density at radius 2 is 2.07 bits per heavy atom. The highest BCUT2D eigenvalue weighted by molar-refractivity contribution is 7.83. The van der Waals surface area contributed by atoms with Crippen LogP contribution in [0.5, 0.6) is 0 Å². The minimum atomic E-state index is -1.27. The molecule has 0 aliphatic heterocycles. The number of hydrogen-bond acceptors (Lipinski definition) is 1. The maximum atomic E-state index is 11.6. The van der Waals surface area contributed by atoms with Crippen LogP contribution in [-0.4, -0.2) is 16.3 Å². The first kappa shape index (κ1) is 12.4. The number of rotatable bonds is 5. The summed E-state index contributed by atoms with van der Waals surface area (Å²) >= 11 is 5.51. The molecule has 0 N–H and O–H groups in total. The average molecular weight is 244 g/mol. The molecule has 1 rings (SSSR count). The maximum absolute atomic E-state index is 11.6. The van der Waals surface area contributed by atoms with Gasteiger partial charge in [-0.05, 0) is 31.9 Å². The lowest BCUT2D eigenvalue weighted by molar-refractivity contribution is 0.684. The highest BCUT2D eigenvalue weighted by Crippen LogP contribution is 2.08. The average Bonchev–Trinajstić information content (AvgIpc) is 2.25. The molecule has 2 nitrogen and oxygen atoms in total. The van der Waals surface area contributed by atoms with E-state index in [1.807, 2.05) is 31.2 Å². The third kappa shape index (κ3) is 4.58. The van der Waals surface area contributed by atoms with Gasteiger partial charge >= 0.3 is 0 Å². The van der Waals surface area contributed by atoms with Crippen LogP contribution in [0, 0.1) is 6.92 Å². The molecule has 0 radical (unpaired) electrons. The number of benzene rings is 1. The molecule has 0 unspecified atom stereocenters. The van der Waals surface area contributed by atoms with Gasteiger partial charge in [0.1, 0.15) is 0 Å². The molecule has 1 aromatic carbocycles. The zero-order valence-corrected chi connectivity index (χ0v) is 10.2. The van der Waals surface area contributed by atoms with Crippen molar-refractivity contribution in [1.82, 2.24) is 0 Å². The topological polar surface area (TPSA) is 29.4 Å². The summed E-state index contributed by atoms with van der Waals surface area (Å²) in [5, 5.41) is 0. The van der Waals surface area contributed by atoms with Gasteiger partial charge in [0, 0.05) is 12.1 Å². The van der Waals surface area contributed by atoms with Crippen molar-refractivity contribution >= 4 is 28.8 Å². The highest BCUT2D eigenvalue weighted by atomic mass is 35.5. The van der Waals surface area contributed by atoms with E-state index in [1.165, 1.54) is 0 Å². The summed E-state index contributed by atoms with van der Waals surface area (Å²) in [6.07, 6.45) is 3.33. The first-order valence-electron chi connectivity index (χ1n) is 4.81. The predicted molar refractivity (Wildman–Crippen MR) is 66.0 cm³/mol. The normalized spacial score (nSPS) is 13.2. The molecule has 0 fully saturated rings. The van der Waals surface area contributed by atoms with Crippen molar-refractivity contribution in [2.24, 2.45) is 4.40 Å². The number of hydrogen-bond donors (Lipinski definition) is 0. The van der Waals surface area contributed by atoms with Gasteiger partial charge in [0.25, 0.3) is 0 Å². The maximum Gasteiger partial charge on any atom is 0.172 e. The SMILES string of the molecule is Cc1ccc([S@](=O)/N=C/CCCCl)cc1. The second kappa shape index (κ2) is 6.75. The van der Waals surface area contributed by atoms with Gasteiger partial charge < -0.3 is 0 Å². The van der Waals surface area contributed by atoms with Crippen molar-refractivity contribution in [2.45, 2.75) is 24.7 Å².